The third-order valence-corrected chi connectivity index (χ3v) is 3.90. The summed E-state index contributed by atoms with van der Waals surface area (Å²) in [6, 6.07) is 9.61. The number of tetrazole rings is 1. The second-order valence-electron chi connectivity index (χ2n) is 4.45. The molecule has 0 aliphatic carbocycles. The van der Waals surface area contributed by atoms with E-state index in [0.717, 1.165) is 11.0 Å². The smallest absolute Gasteiger partial charge is 0.254 e. The summed E-state index contributed by atoms with van der Waals surface area (Å²) in [7, 11) is 1.79. The molecule has 0 aliphatic heterocycles. The molecule has 1 aromatic carbocycles. The molecular weight excluding hydrogens is 300 g/mol. The summed E-state index contributed by atoms with van der Waals surface area (Å²) in [5, 5.41) is 13.0. The van der Waals surface area contributed by atoms with Crippen LogP contribution >= 0.6 is 11.8 Å². The van der Waals surface area contributed by atoms with Crippen molar-refractivity contribution < 1.29 is 0 Å². The van der Waals surface area contributed by atoms with E-state index in [1.54, 1.807) is 30.2 Å². The fraction of sp³-hybridized carbons (Fsp3) is 0.0769. The molecule has 0 fully saturated rings. The molecule has 0 aliphatic rings. The highest BCUT2D eigenvalue weighted by molar-refractivity contribution is 7.99. The molecule has 0 N–H and O–H groups in total. The van der Waals surface area contributed by atoms with Crippen LogP contribution in [0.15, 0.2) is 53.0 Å². The maximum Gasteiger partial charge on any atom is 0.256 e. The van der Waals surface area contributed by atoms with E-state index in [1.165, 1.54) is 11.8 Å². The molecule has 22 heavy (non-hydrogen) atoms. The Bertz CT molecular complexity index is 930. The lowest BCUT2D eigenvalue weighted by Gasteiger charge is -2.05. The van der Waals surface area contributed by atoms with Crippen LogP contribution in [0, 0.1) is 0 Å². The van der Waals surface area contributed by atoms with Gasteiger partial charge in [-0.15, -0.1) is 0 Å². The van der Waals surface area contributed by atoms with Crippen molar-refractivity contribution in [2.45, 2.75) is 10.3 Å². The van der Waals surface area contributed by atoms with Crippen LogP contribution in [0.1, 0.15) is 0 Å². The van der Waals surface area contributed by atoms with Crippen LogP contribution in [-0.2, 0) is 7.05 Å². The predicted octanol–water partition coefficient (Wildman–Crippen LogP) is 1.49. The first kappa shape index (κ1) is 12.9. The largest absolute Gasteiger partial charge is 0.256 e. The van der Waals surface area contributed by atoms with Gasteiger partial charge in [-0.25, -0.2) is 19.6 Å². The number of para-hydroxylation sites is 2. The van der Waals surface area contributed by atoms with Gasteiger partial charge in [0.25, 0.3) is 5.95 Å². The Hall–Kier alpha value is -2.81. The van der Waals surface area contributed by atoms with Crippen molar-refractivity contribution >= 4 is 22.8 Å². The second-order valence-corrected chi connectivity index (χ2v) is 5.39. The Labute approximate surface area is 129 Å². The molecule has 3 aromatic heterocycles. The lowest BCUT2D eigenvalue weighted by molar-refractivity contribution is 0.682. The molecule has 0 spiro atoms. The maximum absolute atomic E-state index is 4.64. The van der Waals surface area contributed by atoms with E-state index in [9.17, 15) is 0 Å². The van der Waals surface area contributed by atoms with E-state index in [2.05, 4.69) is 30.5 Å². The maximum atomic E-state index is 4.64. The molecule has 4 aromatic rings. The van der Waals surface area contributed by atoms with Crippen LogP contribution in [0.5, 0.6) is 0 Å². The van der Waals surface area contributed by atoms with E-state index >= 15 is 0 Å². The summed E-state index contributed by atoms with van der Waals surface area (Å²) >= 11 is 1.37. The summed E-state index contributed by atoms with van der Waals surface area (Å²) in [5.74, 6) is 0.590. The lowest BCUT2D eigenvalue weighted by Crippen LogP contribution is -2.05. The van der Waals surface area contributed by atoms with Crippen LogP contribution in [-0.4, -0.2) is 39.7 Å². The first-order valence-electron chi connectivity index (χ1n) is 6.48. The zero-order valence-corrected chi connectivity index (χ0v) is 12.3. The van der Waals surface area contributed by atoms with E-state index in [-0.39, 0.29) is 0 Å². The highest BCUT2D eigenvalue weighted by atomic mass is 32.2. The third-order valence-electron chi connectivity index (χ3n) is 3.05. The van der Waals surface area contributed by atoms with Gasteiger partial charge in [0.2, 0.25) is 0 Å². The van der Waals surface area contributed by atoms with Crippen molar-refractivity contribution in [3.05, 3.63) is 42.7 Å². The number of aromatic nitrogens is 8. The van der Waals surface area contributed by atoms with Crippen LogP contribution in [0.25, 0.3) is 17.0 Å². The van der Waals surface area contributed by atoms with Crippen molar-refractivity contribution in [3.63, 3.8) is 0 Å². The molecule has 4 rings (SSSR count). The zero-order chi connectivity index (χ0) is 14.9. The summed E-state index contributed by atoms with van der Waals surface area (Å²) in [4.78, 5) is 13.1. The third kappa shape index (κ3) is 2.11. The van der Waals surface area contributed by atoms with Crippen molar-refractivity contribution in [2.24, 2.45) is 7.05 Å². The number of aryl methyl sites for hydroxylation is 1. The number of imidazole rings is 1. The molecule has 0 amide bonds. The summed E-state index contributed by atoms with van der Waals surface area (Å²) in [6.07, 6.45) is 3.40. The average molecular weight is 310 g/mol. The van der Waals surface area contributed by atoms with Gasteiger partial charge >= 0.3 is 0 Å². The fourth-order valence-corrected chi connectivity index (χ4v) is 2.91. The molecule has 0 bridgehead atoms. The van der Waals surface area contributed by atoms with Gasteiger partial charge in [0.15, 0.2) is 10.3 Å². The molecule has 0 saturated carbocycles. The summed E-state index contributed by atoms with van der Waals surface area (Å²) in [5.41, 5.74) is 1.79. The Kier molecular flexibility index (Phi) is 3.04. The predicted molar refractivity (Wildman–Crippen MR) is 79.6 cm³/mol. The molecule has 8 nitrogen and oxygen atoms in total. The lowest BCUT2D eigenvalue weighted by atomic mass is 10.3. The standard InChI is InChI=1S/C13H10N8S/c1-20-12(17-18-19-20)21-10-6-3-2-5-9(10)16-13(21)22-11-14-7-4-8-15-11/h2-8H,1H3. The molecule has 108 valence electrons. The second kappa shape index (κ2) is 5.19. The van der Waals surface area contributed by atoms with Crippen LogP contribution in [0.3, 0.4) is 0 Å². The van der Waals surface area contributed by atoms with Crippen molar-refractivity contribution in [2.75, 3.05) is 0 Å². The fourth-order valence-electron chi connectivity index (χ4n) is 2.10. The van der Waals surface area contributed by atoms with E-state index in [0.29, 0.717) is 16.3 Å². The highest BCUT2D eigenvalue weighted by Crippen LogP contribution is 2.29. The van der Waals surface area contributed by atoms with Crippen molar-refractivity contribution in [1.82, 2.24) is 39.7 Å². The number of fused-ring (bicyclic) bond motifs is 1. The first-order valence-corrected chi connectivity index (χ1v) is 7.29. The topological polar surface area (TPSA) is 87.2 Å². The summed E-state index contributed by atoms with van der Waals surface area (Å²) < 4.78 is 3.50. The number of hydrogen-bond acceptors (Lipinski definition) is 7. The van der Waals surface area contributed by atoms with Crippen LogP contribution in [0.2, 0.25) is 0 Å². The minimum Gasteiger partial charge on any atom is -0.254 e. The Morgan fingerprint density at radius 3 is 2.64 bits per heavy atom. The van der Waals surface area contributed by atoms with Crippen molar-refractivity contribution in [3.8, 4) is 5.95 Å². The Morgan fingerprint density at radius 1 is 1.05 bits per heavy atom. The van der Waals surface area contributed by atoms with Gasteiger partial charge in [0.05, 0.1) is 11.0 Å². The highest BCUT2D eigenvalue weighted by Gasteiger charge is 2.18. The van der Waals surface area contributed by atoms with Gasteiger partial charge in [-0.05, 0) is 40.4 Å². The first-order chi connectivity index (χ1) is 10.8. The van der Waals surface area contributed by atoms with Gasteiger partial charge in [-0.1, -0.05) is 17.2 Å². The summed E-state index contributed by atoms with van der Waals surface area (Å²) in [6.45, 7) is 0. The molecule has 3 heterocycles. The molecule has 0 radical (unpaired) electrons. The molecule has 9 heteroatoms. The van der Waals surface area contributed by atoms with Gasteiger partial charge in [0.1, 0.15) is 0 Å². The SMILES string of the molecule is Cn1nnnc1-n1c(Sc2ncccn2)nc2ccccc21. The number of hydrogen-bond donors (Lipinski definition) is 0. The number of rotatable bonds is 3. The van der Waals surface area contributed by atoms with Crippen LogP contribution in [0.4, 0.5) is 0 Å². The Morgan fingerprint density at radius 2 is 1.86 bits per heavy atom. The molecule has 0 unspecified atom stereocenters. The van der Waals surface area contributed by atoms with E-state index in [1.807, 2.05) is 28.8 Å². The van der Waals surface area contributed by atoms with Gasteiger partial charge in [-0.3, -0.25) is 4.57 Å². The van der Waals surface area contributed by atoms with Gasteiger partial charge < -0.3 is 0 Å². The number of benzene rings is 1. The zero-order valence-electron chi connectivity index (χ0n) is 11.5. The number of nitrogens with zero attached hydrogens (tertiary/aromatic N) is 8. The minimum atomic E-state index is 0.590. The molecular formula is C13H10N8S. The van der Waals surface area contributed by atoms with Crippen molar-refractivity contribution in [1.29, 1.82) is 0 Å². The van der Waals surface area contributed by atoms with E-state index < -0.39 is 0 Å². The molecule has 0 atom stereocenters. The van der Waals surface area contributed by atoms with E-state index in [4.69, 9.17) is 0 Å². The van der Waals surface area contributed by atoms with Gasteiger partial charge in [-0.2, -0.15) is 0 Å². The van der Waals surface area contributed by atoms with Gasteiger partial charge in [0, 0.05) is 19.4 Å². The van der Waals surface area contributed by atoms with Crippen LogP contribution < -0.4 is 0 Å². The normalized spacial score (nSPS) is 11.1. The Balaban J connectivity index is 1.92. The molecule has 0 saturated heterocycles. The quantitative estimate of drug-likeness (QED) is 0.530. The minimum absolute atomic E-state index is 0.590. The monoisotopic (exact) mass is 310 g/mol. The average Bonchev–Trinajstić information content (AvgIpc) is 3.11.